The van der Waals surface area contributed by atoms with Crippen molar-refractivity contribution >= 4 is 0 Å². The lowest BCUT2D eigenvalue weighted by atomic mass is 10.1. The van der Waals surface area contributed by atoms with Gasteiger partial charge in [0.2, 0.25) is 0 Å². The third-order valence-electron chi connectivity index (χ3n) is 2.29. The largest absolute Gasteiger partial charge is 0.443 e. The minimum atomic E-state index is -0.262. The summed E-state index contributed by atoms with van der Waals surface area (Å²) < 4.78 is 18.6. The second-order valence-corrected chi connectivity index (χ2v) is 3.68. The zero-order valence-corrected chi connectivity index (χ0v) is 9.25. The Labute approximate surface area is 93.3 Å². The van der Waals surface area contributed by atoms with E-state index in [2.05, 4.69) is 10.3 Å². The van der Waals surface area contributed by atoms with Crippen LogP contribution in [0.25, 0.3) is 11.3 Å². The lowest BCUT2D eigenvalue weighted by Gasteiger charge is -2.02. The Morgan fingerprint density at radius 2 is 2.19 bits per heavy atom. The second kappa shape index (κ2) is 4.45. The number of benzene rings is 1. The van der Waals surface area contributed by atoms with Gasteiger partial charge >= 0.3 is 0 Å². The number of nitrogens with one attached hydrogen (secondary N) is 1. The molecular formula is C12H13FN2O. The molecule has 1 aromatic carbocycles. The first kappa shape index (κ1) is 10.8. The van der Waals surface area contributed by atoms with Crippen molar-refractivity contribution < 1.29 is 8.81 Å². The molecule has 0 aliphatic heterocycles. The van der Waals surface area contributed by atoms with Crippen molar-refractivity contribution in [3.05, 3.63) is 41.7 Å². The Kier molecular flexibility index (Phi) is 3.01. The van der Waals surface area contributed by atoms with Crippen LogP contribution < -0.4 is 5.32 Å². The normalized spacial score (nSPS) is 10.7. The van der Waals surface area contributed by atoms with E-state index in [1.54, 1.807) is 0 Å². The molecule has 0 bridgehead atoms. The Bertz CT molecular complexity index is 473. The van der Waals surface area contributed by atoms with Crippen molar-refractivity contribution in [3.8, 4) is 11.3 Å². The molecule has 0 aliphatic rings. The predicted molar refractivity (Wildman–Crippen MR) is 59.4 cm³/mol. The topological polar surface area (TPSA) is 38.1 Å². The quantitative estimate of drug-likeness (QED) is 0.863. The minimum absolute atomic E-state index is 0.262. The summed E-state index contributed by atoms with van der Waals surface area (Å²) in [6.07, 6.45) is 1.38. The van der Waals surface area contributed by atoms with Gasteiger partial charge in [0.25, 0.3) is 0 Å². The van der Waals surface area contributed by atoms with Gasteiger partial charge in [-0.25, -0.2) is 9.37 Å². The number of aromatic nitrogens is 1. The zero-order chi connectivity index (χ0) is 11.5. The van der Waals surface area contributed by atoms with Crippen molar-refractivity contribution in [1.29, 1.82) is 0 Å². The zero-order valence-electron chi connectivity index (χ0n) is 9.25. The van der Waals surface area contributed by atoms with Gasteiger partial charge in [-0.1, -0.05) is 0 Å². The molecular weight excluding hydrogens is 207 g/mol. The summed E-state index contributed by atoms with van der Waals surface area (Å²) in [6.45, 7) is 2.45. The Morgan fingerprint density at radius 1 is 1.38 bits per heavy atom. The van der Waals surface area contributed by atoms with Crippen LogP contribution in [0.4, 0.5) is 4.39 Å². The van der Waals surface area contributed by atoms with Crippen LogP contribution in [-0.2, 0) is 6.54 Å². The Balaban J connectivity index is 2.45. The van der Waals surface area contributed by atoms with Gasteiger partial charge in [-0.15, -0.1) is 0 Å². The first-order valence-corrected chi connectivity index (χ1v) is 5.05. The Morgan fingerprint density at radius 3 is 2.88 bits per heavy atom. The van der Waals surface area contributed by atoms with E-state index in [0.29, 0.717) is 12.3 Å². The highest BCUT2D eigenvalue weighted by molar-refractivity contribution is 5.60. The van der Waals surface area contributed by atoms with Crippen molar-refractivity contribution in [2.45, 2.75) is 13.5 Å². The maximum Gasteiger partial charge on any atom is 0.181 e. The standard InChI is InChI=1S/C12H13FN2O/c1-8-3-9(5-10(13)4-8)12-11(6-14-2)15-7-16-12/h3-5,7,14H,6H2,1-2H3. The molecule has 0 saturated heterocycles. The van der Waals surface area contributed by atoms with E-state index in [0.717, 1.165) is 16.8 Å². The van der Waals surface area contributed by atoms with Gasteiger partial charge in [0.05, 0.1) is 0 Å². The van der Waals surface area contributed by atoms with E-state index >= 15 is 0 Å². The van der Waals surface area contributed by atoms with Gasteiger partial charge in [0.1, 0.15) is 11.5 Å². The highest BCUT2D eigenvalue weighted by Gasteiger charge is 2.11. The summed E-state index contributed by atoms with van der Waals surface area (Å²) in [5.74, 6) is 0.360. The van der Waals surface area contributed by atoms with E-state index in [4.69, 9.17) is 4.42 Å². The molecule has 3 nitrogen and oxygen atoms in total. The molecule has 0 unspecified atom stereocenters. The van der Waals surface area contributed by atoms with E-state index in [1.165, 1.54) is 18.5 Å². The molecule has 0 saturated carbocycles. The van der Waals surface area contributed by atoms with Gasteiger partial charge in [-0.2, -0.15) is 0 Å². The monoisotopic (exact) mass is 220 g/mol. The maximum absolute atomic E-state index is 13.3. The first-order chi connectivity index (χ1) is 7.70. The number of hydrogen-bond donors (Lipinski definition) is 1. The summed E-state index contributed by atoms with van der Waals surface area (Å²) in [4.78, 5) is 4.09. The molecule has 0 aliphatic carbocycles. The highest BCUT2D eigenvalue weighted by atomic mass is 19.1. The summed E-state index contributed by atoms with van der Waals surface area (Å²) >= 11 is 0. The van der Waals surface area contributed by atoms with E-state index in [1.807, 2.05) is 20.0 Å². The van der Waals surface area contributed by atoms with Crippen LogP contribution in [0, 0.1) is 12.7 Å². The van der Waals surface area contributed by atoms with Crippen LogP contribution in [-0.4, -0.2) is 12.0 Å². The van der Waals surface area contributed by atoms with Gasteiger partial charge in [0.15, 0.2) is 12.2 Å². The molecule has 1 N–H and O–H groups in total. The highest BCUT2D eigenvalue weighted by Crippen LogP contribution is 2.24. The molecule has 0 fully saturated rings. The molecule has 84 valence electrons. The summed E-state index contributed by atoms with van der Waals surface area (Å²) in [5, 5.41) is 2.99. The molecule has 0 radical (unpaired) electrons. The lowest BCUT2D eigenvalue weighted by Crippen LogP contribution is -2.06. The van der Waals surface area contributed by atoms with E-state index in [-0.39, 0.29) is 5.82 Å². The molecule has 0 spiro atoms. The summed E-state index contributed by atoms with van der Waals surface area (Å²) in [6, 6.07) is 4.81. The van der Waals surface area contributed by atoms with Gasteiger partial charge < -0.3 is 9.73 Å². The first-order valence-electron chi connectivity index (χ1n) is 5.05. The van der Waals surface area contributed by atoms with E-state index in [9.17, 15) is 4.39 Å². The number of rotatable bonds is 3. The predicted octanol–water partition coefficient (Wildman–Crippen LogP) is 2.51. The third-order valence-corrected chi connectivity index (χ3v) is 2.29. The number of halogens is 1. The molecule has 0 amide bonds. The van der Waals surface area contributed by atoms with Crippen LogP contribution in [0.2, 0.25) is 0 Å². The smallest absolute Gasteiger partial charge is 0.181 e. The van der Waals surface area contributed by atoms with Gasteiger partial charge in [-0.3, -0.25) is 0 Å². The average molecular weight is 220 g/mol. The minimum Gasteiger partial charge on any atom is -0.443 e. The van der Waals surface area contributed by atoms with Crippen molar-refractivity contribution in [2.75, 3.05) is 7.05 Å². The third kappa shape index (κ3) is 2.12. The molecule has 0 atom stereocenters. The lowest BCUT2D eigenvalue weighted by molar-refractivity contribution is 0.568. The molecule has 4 heteroatoms. The Hall–Kier alpha value is -1.68. The number of aryl methyl sites for hydroxylation is 1. The second-order valence-electron chi connectivity index (χ2n) is 3.68. The fraction of sp³-hybridized carbons (Fsp3) is 0.250. The van der Waals surface area contributed by atoms with Crippen LogP contribution in [0.3, 0.4) is 0 Å². The van der Waals surface area contributed by atoms with Crippen molar-refractivity contribution in [3.63, 3.8) is 0 Å². The molecule has 1 heterocycles. The summed E-state index contributed by atoms with van der Waals surface area (Å²) in [5.41, 5.74) is 2.37. The number of nitrogens with zero attached hydrogens (tertiary/aromatic N) is 1. The molecule has 1 aromatic heterocycles. The molecule has 2 aromatic rings. The average Bonchev–Trinajstić information content (AvgIpc) is 2.65. The van der Waals surface area contributed by atoms with Crippen molar-refractivity contribution in [2.24, 2.45) is 0 Å². The SMILES string of the molecule is CNCc1ncoc1-c1cc(C)cc(F)c1. The van der Waals surface area contributed by atoms with Crippen LogP contribution in [0.5, 0.6) is 0 Å². The van der Waals surface area contributed by atoms with Crippen molar-refractivity contribution in [1.82, 2.24) is 10.3 Å². The number of oxazole rings is 1. The van der Waals surface area contributed by atoms with E-state index < -0.39 is 0 Å². The van der Waals surface area contributed by atoms with Gasteiger partial charge in [-0.05, 0) is 37.7 Å². The number of hydrogen-bond acceptors (Lipinski definition) is 3. The summed E-state index contributed by atoms with van der Waals surface area (Å²) in [7, 11) is 1.83. The fourth-order valence-electron chi connectivity index (χ4n) is 1.66. The van der Waals surface area contributed by atoms with Crippen LogP contribution in [0.15, 0.2) is 29.0 Å². The molecule has 16 heavy (non-hydrogen) atoms. The maximum atomic E-state index is 13.3. The van der Waals surface area contributed by atoms with Crippen LogP contribution >= 0.6 is 0 Å². The molecule has 2 rings (SSSR count). The van der Waals surface area contributed by atoms with Crippen LogP contribution in [0.1, 0.15) is 11.3 Å². The fourth-order valence-corrected chi connectivity index (χ4v) is 1.66. The van der Waals surface area contributed by atoms with Gasteiger partial charge in [0, 0.05) is 12.1 Å².